The van der Waals surface area contributed by atoms with Gasteiger partial charge in [-0.2, -0.15) is 0 Å². The Kier molecular flexibility index (Phi) is 7.22. The van der Waals surface area contributed by atoms with Crippen molar-refractivity contribution in [3.05, 3.63) is 57.6 Å². The van der Waals surface area contributed by atoms with Crippen molar-refractivity contribution in [3.63, 3.8) is 0 Å². The fourth-order valence-electron chi connectivity index (χ4n) is 2.23. The fourth-order valence-corrected chi connectivity index (χ4v) is 2.73. The van der Waals surface area contributed by atoms with E-state index in [-0.39, 0.29) is 0 Å². The number of rotatable bonds is 8. The summed E-state index contributed by atoms with van der Waals surface area (Å²) in [6.45, 7) is 5.42. The molecule has 2 rings (SSSR count). The van der Waals surface area contributed by atoms with Gasteiger partial charge in [0.15, 0.2) is 11.5 Å². The summed E-state index contributed by atoms with van der Waals surface area (Å²) in [6.07, 6.45) is 1.08. The minimum absolute atomic E-state index is 0.376. The summed E-state index contributed by atoms with van der Waals surface area (Å²) >= 11 is 12.4. The Morgan fingerprint density at radius 3 is 2.58 bits per heavy atom. The molecule has 0 amide bonds. The predicted octanol–water partition coefficient (Wildman–Crippen LogP) is 5.47. The van der Waals surface area contributed by atoms with Gasteiger partial charge in [0.05, 0.1) is 12.1 Å². The molecule has 0 aliphatic carbocycles. The molecule has 0 fully saturated rings. The van der Waals surface area contributed by atoms with Gasteiger partial charge < -0.3 is 14.8 Å². The molecular weight excluding hydrogens is 345 g/mol. The topological polar surface area (TPSA) is 30.5 Å². The first kappa shape index (κ1) is 18.9. The zero-order valence-electron chi connectivity index (χ0n) is 14.2. The van der Waals surface area contributed by atoms with Crippen LogP contribution in [0.2, 0.25) is 10.0 Å². The summed E-state index contributed by atoms with van der Waals surface area (Å²) in [6, 6.07) is 11.9. The maximum absolute atomic E-state index is 6.40. The van der Waals surface area contributed by atoms with Gasteiger partial charge in [0.2, 0.25) is 0 Å². The van der Waals surface area contributed by atoms with Gasteiger partial charge >= 0.3 is 0 Å². The number of methoxy groups -OCH3 is 1. The third kappa shape index (κ3) is 5.30. The zero-order chi connectivity index (χ0) is 17.5. The first-order chi connectivity index (χ1) is 11.5. The van der Waals surface area contributed by atoms with Crippen molar-refractivity contribution in [3.8, 4) is 11.5 Å². The van der Waals surface area contributed by atoms with Crippen LogP contribution in [-0.4, -0.2) is 13.2 Å². The average Bonchev–Trinajstić information content (AvgIpc) is 2.58. The first-order valence-corrected chi connectivity index (χ1v) is 8.76. The van der Waals surface area contributed by atoms with Gasteiger partial charge in [0.25, 0.3) is 0 Å². The molecule has 5 heteroatoms. The first-order valence-electron chi connectivity index (χ1n) is 8.00. The molecule has 0 aromatic heterocycles. The van der Waals surface area contributed by atoms with E-state index in [1.165, 1.54) is 0 Å². The molecule has 2 aromatic rings. The molecule has 0 aliphatic heterocycles. The van der Waals surface area contributed by atoms with E-state index in [9.17, 15) is 0 Å². The smallest absolute Gasteiger partial charge is 0.180 e. The highest BCUT2D eigenvalue weighted by atomic mass is 35.5. The molecule has 3 nitrogen and oxygen atoms in total. The summed E-state index contributed by atoms with van der Waals surface area (Å²) in [7, 11) is 1.61. The van der Waals surface area contributed by atoms with Crippen LogP contribution in [0.4, 0.5) is 0 Å². The van der Waals surface area contributed by atoms with Gasteiger partial charge in [0, 0.05) is 17.6 Å². The summed E-state index contributed by atoms with van der Waals surface area (Å²) < 4.78 is 11.3. The molecular formula is C19H23Cl2NO2. The maximum Gasteiger partial charge on any atom is 0.180 e. The Labute approximate surface area is 153 Å². The molecule has 1 N–H and O–H groups in total. The lowest BCUT2D eigenvalue weighted by Gasteiger charge is -2.16. The molecule has 0 bridgehead atoms. The van der Waals surface area contributed by atoms with Crippen molar-refractivity contribution in [2.75, 3.05) is 7.11 Å². The highest BCUT2D eigenvalue weighted by molar-refractivity contribution is 6.32. The minimum atomic E-state index is 0.376. The van der Waals surface area contributed by atoms with Crippen LogP contribution in [0, 0.1) is 0 Å². The Bertz CT molecular complexity index is 676. The van der Waals surface area contributed by atoms with E-state index in [2.05, 4.69) is 19.2 Å². The van der Waals surface area contributed by atoms with Crippen LogP contribution in [0.25, 0.3) is 0 Å². The van der Waals surface area contributed by atoms with Crippen LogP contribution < -0.4 is 14.8 Å². The second-order valence-corrected chi connectivity index (χ2v) is 6.56. The van der Waals surface area contributed by atoms with E-state index in [4.69, 9.17) is 32.7 Å². The largest absolute Gasteiger partial charge is 0.493 e. The van der Waals surface area contributed by atoms with Crippen LogP contribution >= 0.6 is 23.2 Å². The molecule has 1 atom stereocenters. The third-order valence-electron chi connectivity index (χ3n) is 3.83. The van der Waals surface area contributed by atoms with Gasteiger partial charge in [-0.15, -0.1) is 0 Å². The maximum atomic E-state index is 6.40. The van der Waals surface area contributed by atoms with Gasteiger partial charge in [-0.1, -0.05) is 42.3 Å². The Balaban J connectivity index is 2.11. The highest BCUT2D eigenvalue weighted by Gasteiger charge is 2.13. The summed E-state index contributed by atoms with van der Waals surface area (Å²) in [5.41, 5.74) is 2.04. The van der Waals surface area contributed by atoms with Crippen LogP contribution in [0.5, 0.6) is 11.5 Å². The molecule has 0 spiro atoms. The molecule has 0 saturated carbocycles. The van der Waals surface area contributed by atoms with Crippen molar-refractivity contribution in [1.29, 1.82) is 0 Å². The monoisotopic (exact) mass is 367 g/mol. The standard InChI is InChI=1S/C19H23Cl2NO2/c1-4-13(2)22-11-15-9-17(21)19(18(10-15)23-3)24-12-14-6-5-7-16(20)8-14/h5-10,13,22H,4,11-12H2,1-3H3/t13-/m1/s1. The number of ether oxygens (including phenoxy) is 2. The SMILES string of the molecule is CC[C@@H](C)NCc1cc(Cl)c(OCc2cccc(Cl)c2)c(OC)c1. The quantitative estimate of drug-likeness (QED) is 0.670. The Morgan fingerprint density at radius 2 is 1.92 bits per heavy atom. The van der Waals surface area contributed by atoms with E-state index in [1.807, 2.05) is 36.4 Å². The molecule has 0 radical (unpaired) electrons. The van der Waals surface area contributed by atoms with Crippen LogP contribution in [0.15, 0.2) is 36.4 Å². The van der Waals surface area contributed by atoms with E-state index < -0.39 is 0 Å². The molecule has 0 heterocycles. The van der Waals surface area contributed by atoms with Crippen molar-refractivity contribution in [1.82, 2.24) is 5.32 Å². The number of nitrogens with one attached hydrogen (secondary N) is 1. The number of hydrogen-bond donors (Lipinski definition) is 1. The number of hydrogen-bond acceptors (Lipinski definition) is 3. The van der Waals surface area contributed by atoms with Crippen molar-refractivity contribution >= 4 is 23.2 Å². The number of halogens is 2. The molecule has 0 unspecified atom stereocenters. The van der Waals surface area contributed by atoms with Gasteiger partial charge in [0.1, 0.15) is 6.61 Å². The van der Waals surface area contributed by atoms with Crippen LogP contribution in [0.3, 0.4) is 0 Å². The van der Waals surface area contributed by atoms with Gasteiger partial charge in [-0.3, -0.25) is 0 Å². The lowest BCUT2D eigenvalue weighted by Crippen LogP contribution is -2.24. The summed E-state index contributed by atoms with van der Waals surface area (Å²) in [5, 5.41) is 4.66. The molecule has 130 valence electrons. The third-order valence-corrected chi connectivity index (χ3v) is 4.34. The molecule has 2 aromatic carbocycles. The second-order valence-electron chi connectivity index (χ2n) is 5.72. The van der Waals surface area contributed by atoms with E-state index >= 15 is 0 Å². The van der Waals surface area contributed by atoms with Crippen molar-refractivity contribution in [2.24, 2.45) is 0 Å². The van der Waals surface area contributed by atoms with E-state index in [1.54, 1.807) is 7.11 Å². The molecule has 24 heavy (non-hydrogen) atoms. The van der Waals surface area contributed by atoms with Crippen LogP contribution in [-0.2, 0) is 13.2 Å². The molecule has 0 aliphatic rings. The summed E-state index contributed by atoms with van der Waals surface area (Å²) in [4.78, 5) is 0. The normalized spacial score (nSPS) is 12.0. The molecule has 0 saturated heterocycles. The lowest BCUT2D eigenvalue weighted by atomic mass is 10.1. The lowest BCUT2D eigenvalue weighted by molar-refractivity contribution is 0.284. The Morgan fingerprint density at radius 1 is 1.12 bits per heavy atom. The highest BCUT2D eigenvalue weighted by Crippen LogP contribution is 2.37. The average molecular weight is 368 g/mol. The zero-order valence-corrected chi connectivity index (χ0v) is 15.7. The predicted molar refractivity (Wildman–Crippen MR) is 100 cm³/mol. The number of benzene rings is 2. The Hall–Kier alpha value is -1.42. The van der Waals surface area contributed by atoms with Crippen LogP contribution in [0.1, 0.15) is 31.4 Å². The van der Waals surface area contributed by atoms with Gasteiger partial charge in [-0.25, -0.2) is 0 Å². The summed E-state index contributed by atoms with van der Waals surface area (Å²) in [5.74, 6) is 1.18. The second kappa shape index (κ2) is 9.16. The van der Waals surface area contributed by atoms with Crippen molar-refractivity contribution < 1.29 is 9.47 Å². The minimum Gasteiger partial charge on any atom is -0.493 e. The van der Waals surface area contributed by atoms with E-state index in [0.29, 0.717) is 34.2 Å². The van der Waals surface area contributed by atoms with Crippen molar-refractivity contribution in [2.45, 2.75) is 39.5 Å². The van der Waals surface area contributed by atoms with Gasteiger partial charge in [-0.05, 0) is 48.7 Å². The fraction of sp³-hybridized carbons (Fsp3) is 0.368. The van der Waals surface area contributed by atoms with E-state index in [0.717, 1.165) is 24.1 Å².